The lowest BCUT2D eigenvalue weighted by Crippen LogP contribution is -2.41. The number of hydrogen-bond acceptors (Lipinski definition) is 3. The number of carbonyl (C=O) groups excluding carboxylic acids is 1. The molecule has 1 fully saturated rings. The summed E-state index contributed by atoms with van der Waals surface area (Å²) >= 11 is 0. The number of benzene rings is 1. The molecule has 8 heteroatoms. The minimum absolute atomic E-state index is 0.0426. The van der Waals surface area contributed by atoms with Crippen LogP contribution in [0.15, 0.2) is 12.1 Å². The lowest BCUT2D eigenvalue weighted by atomic mass is 10.0. The van der Waals surface area contributed by atoms with E-state index in [0.29, 0.717) is 18.9 Å². The Hall–Kier alpha value is -2.38. The number of halogens is 3. The van der Waals surface area contributed by atoms with Gasteiger partial charge in [0.15, 0.2) is 17.5 Å². The minimum Gasteiger partial charge on any atom is -0.336 e. The molecule has 1 atom stereocenters. The Morgan fingerprint density at radius 2 is 1.88 bits per heavy atom. The van der Waals surface area contributed by atoms with Gasteiger partial charge in [-0.3, -0.25) is 4.79 Å². The number of amides is 1. The molecular formula is C16H17F3N4O. The van der Waals surface area contributed by atoms with Gasteiger partial charge in [-0.25, -0.2) is 22.8 Å². The molecule has 2 heterocycles. The molecule has 0 bridgehead atoms. The Labute approximate surface area is 137 Å². The van der Waals surface area contributed by atoms with E-state index in [1.165, 1.54) is 4.90 Å². The lowest BCUT2D eigenvalue weighted by Gasteiger charge is -2.33. The molecule has 0 saturated carbocycles. The quantitative estimate of drug-likeness (QED) is 0.791. The summed E-state index contributed by atoms with van der Waals surface area (Å²) in [5.41, 5.74) is -0.196. The van der Waals surface area contributed by atoms with Crippen LogP contribution < -0.4 is 0 Å². The van der Waals surface area contributed by atoms with Crippen molar-refractivity contribution in [1.82, 2.24) is 19.7 Å². The van der Waals surface area contributed by atoms with Crippen LogP contribution in [-0.4, -0.2) is 38.7 Å². The van der Waals surface area contributed by atoms with Gasteiger partial charge in [0.1, 0.15) is 11.6 Å². The van der Waals surface area contributed by atoms with Gasteiger partial charge in [-0.15, -0.1) is 0 Å². The standard InChI is InChI=1S/C16H17F3N4O/c1-9-20-10(2)23(21-9)12-4-3-5-22(8-12)16(24)11-6-13(17)15(19)14(18)7-11/h6-7,12H,3-5,8H2,1-2H3. The maximum absolute atomic E-state index is 13.4. The summed E-state index contributed by atoms with van der Waals surface area (Å²) in [6.07, 6.45) is 1.57. The average molecular weight is 338 g/mol. The fourth-order valence-corrected chi connectivity index (χ4v) is 3.08. The molecule has 2 aromatic rings. The fraction of sp³-hybridized carbons (Fsp3) is 0.438. The molecule has 1 aromatic carbocycles. The van der Waals surface area contributed by atoms with E-state index in [2.05, 4.69) is 10.1 Å². The summed E-state index contributed by atoms with van der Waals surface area (Å²) in [5, 5.41) is 4.34. The molecule has 1 saturated heterocycles. The first-order chi connectivity index (χ1) is 11.4. The Bertz CT molecular complexity index is 767. The second-order valence-electron chi connectivity index (χ2n) is 5.95. The monoisotopic (exact) mass is 338 g/mol. The molecule has 5 nitrogen and oxygen atoms in total. The summed E-state index contributed by atoms with van der Waals surface area (Å²) in [7, 11) is 0. The third-order valence-corrected chi connectivity index (χ3v) is 4.17. The van der Waals surface area contributed by atoms with Gasteiger partial charge in [-0.1, -0.05) is 0 Å². The van der Waals surface area contributed by atoms with Gasteiger partial charge < -0.3 is 4.90 Å². The van der Waals surface area contributed by atoms with Crippen molar-refractivity contribution in [3.8, 4) is 0 Å². The zero-order valence-electron chi connectivity index (χ0n) is 13.4. The number of piperidine rings is 1. The van der Waals surface area contributed by atoms with Crippen LogP contribution >= 0.6 is 0 Å². The van der Waals surface area contributed by atoms with E-state index in [1.54, 1.807) is 11.6 Å². The SMILES string of the molecule is Cc1nc(C)n(C2CCCN(C(=O)c3cc(F)c(F)c(F)c3)C2)n1. The van der Waals surface area contributed by atoms with Gasteiger partial charge in [0.2, 0.25) is 0 Å². The van der Waals surface area contributed by atoms with Crippen molar-refractivity contribution >= 4 is 5.91 Å². The predicted octanol–water partition coefficient (Wildman–Crippen LogP) is 2.79. The number of carbonyl (C=O) groups is 1. The van der Waals surface area contributed by atoms with Crippen LogP contribution in [0.25, 0.3) is 0 Å². The van der Waals surface area contributed by atoms with Crippen molar-refractivity contribution < 1.29 is 18.0 Å². The highest BCUT2D eigenvalue weighted by molar-refractivity contribution is 5.94. The fourth-order valence-electron chi connectivity index (χ4n) is 3.08. The predicted molar refractivity (Wildman–Crippen MR) is 80.0 cm³/mol. The number of hydrogen-bond donors (Lipinski definition) is 0. The van der Waals surface area contributed by atoms with Crippen LogP contribution in [0.3, 0.4) is 0 Å². The molecule has 0 radical (unpaired) electrons. The van der Waals surface area contributed by atoms with E-state index >= 15 is 0 Å². The zero-order valence-corrected chi connectivity index (χ0v) is 13.4. The Kier molecular flexibility index (Phi) is 4.29. The Morgan fingerprint density at radius 3 is 2.46 bits per heavy atom. The van der Waals surface area contributed by atoms with Gasteiger partial charge in [-0.2, -0.15) is 5.10 Å². The molecule has 0 spiro atoms. The van der Waals surface area contributed by atoms with E-state index in [0.717, 1.165) is 30.8 Å². The molecule has 1 aliphatic heterocycles. The van der Waals surface area contributed by atoms with Gasteiger partial charge in [0.05, 0.1) is 6.04 Å². The van der Waals surface area contributed by atoms with Gasteiger partial charge in [0.25, 0.3) is 5.91 Å². The number of aromatic nitrogens is 3. The molecule has 3 rings (SSSR count). The zero-order chi connectivity index (χ0) is 17.4. The van der Waals surface area contributed by atoms with Crippen LogP contribution in [0, 0.1) is 31.3 Å². The highest BCUT2D eigenvalue weighted by atomic mass is 19.2. The van der Waals surface area contributed by atoms with Crippen molar-refractivity contribution in [2.45, 2.75) is 32.7 Å². The largest absolute Gasteiger partial charge is 0.336 e. The first-order valence-electron chi connectivity index (χ1n) is 7.70. The summed E-state index contributed by atoms with van der Waals surface area (Å²) in [5.74, 6) is -3.42. The van der Waals surface area contributed by atoms with E-state index in [-0.39, 0.29) is 11.6 Å². The van der Waals surface area contributed by atoms with Crippen molar-refractivity contribution in [2.24, 2.45) is 0 Å². The third-order valence-electron chi connectivity index (χ3n) is 4.17. The molecule has 1 aliphatic rings. The van der Waals surface area contributed by atoms with Gasteiger partial charge in [-0.05, 0) is 38.8 Å². The molecule has 0 N–H and O–H groups in total. The third kappa shape index (κ3) is 3.00. The van der Waals surface area contributed by atoms with Crippen molar-refractivity contribution in [2.75, 3.05) is 13.1 Å². The Balaban J connectivity index is 1.82. The number of rotatable bonds is 2. The molecule has 128 valence electrons. The molecule has 0 aliphatic carbocycles. The summed E-state index contributed by atoms with van der Waals surface area (Å²) in [6.45, 7) is 4.47. The van der Waals surface area contributed by atoms with E-state index in [9.17, 15) is 18.0 Å². The van der Waals surface area contributed by atoms with E-state index in [1.807, 2.05) is 6.92 Å². The summed E-state index contributed by atoms with van der Waals surface area (Å²) < 4.78 is 41.5. The van der Waals surface area contributed by atoms with Gasteiger partial charge >= 0.3 is 0 Å². The van der Waals surface area contributed by atoms with E-state index < -0.39 is 23.4 Å². The maximum Gasteiger partial charge on any atom is 0.254 e. The molecule has 1 unspecified atom stereocenters. The van der Waals surface area contributed by atoms with Crippen LogP contribution in [-0.2, 0) is 0 Å². The highest BCUT2D eigenvalue weighted by Gasteiger charge is 2.28. The summed E-state index contributed by atoms with van der Waals surface area (Å²) in [4.78, 5) is 18.3. The molecule has 24 heavy (non-hydrogen) atoms. The first-order valence-corrected chi connectivity index (χ1v) is 7.70. The van der Waals surface area contributed by atoms with E-state index in [4.69, 9.17) is 0 Å². The van der Waals surface area contributed by atoms with Crippen molar-refractivity contribution in [3.63, 3.8) is 0 Å². The van der Waals surface area contributed by atoms with Crippen molar-refractivity contribution in [3.05, 3.63) is 46.8 Å². The highest BCUT2D eigenvalue weighted by Crippen LogP contribution is 2.24. The topological polar surface area (TPSA) is 51.0 Å². The normalized spacial score (nSPS) is 18.0. The van der Waals surface area contributed by atoms with Crippen LogP contribution in [0.4, 0.5) is 13.2 Å². The Morgan fingerprint density at radius 1 is 1.21 bits per heavy atom. The number of aryl methyl sites for hydroxylation is 2. The van der Waals surface area contributed by atoms with Gasteiger partial charge in [0, 0.05) is 18.7 Å². The van der Waals surface area contributed by atoms with Crippen LogP contribution in [0.1, 0.15) is 40.9 Å². The first kappa shape index (κ1) is 16.5. The van der Waals surface area contributed by atoms with Crippen LogP contribution in [0.2, 0.25) is 0 Å². The average Bonchev–Trinajstić information content (AvgIpc) is 2.90. The minimum atomic E-state index is -1.57. The maximum atomic E-state index is 13.4. The molecular weight excluding hydrogens is 321 g/mol. The second kappa shape index (κ2) is 6.26. The molecule has 1 amide bonds. The number of likely N-dealkylation sites (tertiary alicyclic amines) is 1. The lowest BCUT2D eigenvalue weighted by molar-refractivity contribution is 0.0670. The smallest absolute Gasteiger partial charge is 0.254 e. The van der Waals surface area contributed by atoms with Crippen molar-refractivity contribution in [1.29, 1.82) is 0 Å². The number of nitrogens with zero attached hydrogens (tertiary/aromatic N) is 4. The summed E-state index contributed by atoms with van der Waals surface area (Å²) in [6, 6.07) is 1.42. The second-order valence-corrected chi connectivity index (χ2v) is 5.95. The molecule has 1 aromatic heterocycles. The van der Waals surface area contributed by atoms with Crippen LogP contribution in [0.5, 0.6) is 0 Å².